The van der Waals surface area contributed by atoms with Gasteiger partial charge in [-0.15, -0.1) is 0 Å². The van der Waals surface area contributed by atoms with Crippen LogP contribution in [0.25, 0.3) is 0 Å². The lowest BCUT2D eigenvalue weighted by molar-refractivity contribution is -0.121. The van der Waals surface area contributed by atoms with Crippen molar-refractivity contribution in [2.45, 2.75) is 13.0 Å². The quantitative estimate of drug-likeness (QED) is 0.732. The topological polar surface area (TPSA) is 67.2 Å². The van der Waals surface area contributed by atoms with Crippen molar-refractivity contribution in [3.63, 3.8) is 0 Å². The van der Waals surface area contributed by atoms with E-state index in [9.17, 15) is 4.79 Å². The normalized spacial score (nSPS) is 11.9. The van der Waals surface area contributed by atoms with Gasteiger partial charge in [0.1, 0.15) is 6.04 Å². The molecule has 1 atom stereocenters. The smallest absolute Gasteiger partial charge is 0.241 e. The van der Waals surface area contributed by atoms with Crippen molar-refractivity contribution in [1.29, 1.82) is 0 Å². The molecule has 5 heteroatoms. The molecule has 0 bridgehead atoms. The third-order valence-electron chi connectivity index (χ3n) is 2.03. The van der Waals surface area contributed by atoms with E-state index in [1.54, 1.807) is 20.0 Å². The molecule has 0 aromatic heterocycles. The highest BCUT2D eigenvalue weighted by atomic mass is 79.9. The van der Waals surface area contributed by atoms with Gasteiger partial charge >= 0.3 is 0 Å². The van der Waals surface area contributed by atoms with E-state index in [0.29, 0.717) is 5.69 Å². The third-order valence-corrected chi connectivity index (χ3v) is 2.52. The van der Waals surface area contributed by atoms with Crippen LogP contribution in [0, 0.1) is 0 Å². The first-order valence-corrected chi connectivity index (χ1v) is 5.37. The first-order valence-electron chi connectivity index (χ1n) is 4.57. The fourth-order valence-electron chi connectivity index (χ4n) is 1.17. The molecular formula is C10H14BrN3O. The van der Waals surface area contributed by atoms with Crippen LogP contribution in [0.2, 0.25) is 0 Å². The van der Waals surface area contributed by atoms with E-state index in [-0.39, 0.29) is 11.9 Å². The van der Waals surface area contributed by atoms with Gasteiger partial charge < -0.3 is 16.4 Å². The molecule has 1 aromatic rings. The summed E-state index contributed by atoms with van der Waals surface area (Å²) >= 11 is 3.34. The molecule has 0 aliphatic rings. The number of nitrogens with one attached hydrogen (secondary N) is 2. The van der Waals surface area contributed by atoms with E-state index in [4.69, 9.17) is 5.73 Å². The molecular weight excluding hydrogens is 258 g/mol. The van der Waals surface area contributed by atoms with Crippen molar-refractivity contribution < 1.29 is 4.79 Å². The maximum atomic E-state index is 11.3. The lowest BCUT2D eigenvalue weighted by Crippen LogP contribution is -2.35. The SMILES string of the molecule is CNC(=O)C(C)Nc1cc(Br)ccc1N. The van der Waals surface area contributed by atoms with Crippen LogP contribution < -0.4 is 16.4 Å². The molecule has 0 aliphatic heterocycles. The highest BCUT2D eigenvalue weighted by Gasteiger charge is 2.11. The van der Waals surface area contributed by atoms with Gasteiger partial charge in [0.05, 0.1) is 11.4 Å². The number of hydrogen-bond acceptors (Lipinski definition) is 3. The second kappa shape index (κ2) is 5.02. The molecule has 15 heavy (non-hydrogen) atoms. The minimum absolute atomic E-state index is 0.0747. The Bertz CT molecular complexity index is 368. The summed E-state index contributed by atoms with van der Waals surface area (Å²) in [5.74, 6) is -0.0747. The predicted octanol–water partition coefficient (Wildman–Crippen LogP) is 1.58. The number of rotatable bonds is 3. The molecule has 1 rings (SSSR count). The van der Waals surface area contributed by atoms with Gasteiger partial charge in [0.2, 0.25) is 5.91 Å². The maximum Gasteiger partial charge on any atom is 0.241 e. The summed E-state index contributed by atoms with van der Waals surface area (Å²) in [6, 6.07) is 5.16. The van der Waals surface area contributed by atoms with Crippen molar-refractivity contribution in [1.82, 2.24) is 5.32 Å². The Morgan fingerprint density at radius 1 is 1.53 bits per heavy atom. The first-order chi connectivity index (χ1) is 7.04. The van der Waals surface area contributed by atoms with Crippen LogP contribution in [0.15, 0.2) is 22.7 Å². The summed E-state index contributed by atoms with van der Waals surface area (Å²) in [5.41, 5.74) is 7.13. The Hall–Kier alpha value is -1.23. The molecule has 0 fully saturated rings. The Morgan fingerprint density at radius 2 is 2.20 bits per heavy atom. The number of nitrogens with two attached hydrogens (primary N) is 1. The Balaban J connectivity index is 2.80. The van der Waals surface area contributed by atoms with Crippen LogP contribution in [0.1, 0.15) is 6.92 Å². The van der Waals surface area contributed by atoms with Crippen molar-refractivity contribution in [2.75, 3.05) is 18.1 Å². The first kappa shape index (κ1) is 11.8. The number of hydrogen-bond donors (Lipinski definition) is 3. The summed E-state index contributed by atoms with van der Waals surface area (Å²) in [4.78, 5) is 11.3. The lowest BCUT2D eigenvalue weighted by atomic mass is 10.2. The minimum Gasteiger partial charge on any atom is -0.397 e. The molecule has 1 unspecified atom stereocenters. The predicted molar refractivity (Wildman–Crippen MR) is 65.7 cm³/mol. The molecule has 0 heterocycles. The zero-order valence-electron chi connectivity index (χ0n) is 8.67. The summed E-state index contributed by atoms with van der Waals surface area (Å²) in [7, 11) is 1.60. The Morgan fingerprint density at radius 3 is 2.80 bits per heavy atom. The average Bonchev–Trinajstić information content (AvgIpc) is 2.22. The monoisotopic (exact) mass is 271 g/mol. The molecule has 0 saturated carbocycles. The molecule has 4 nitrogen and oxygen atoms in total. The lowest BCUT2D eigenvalue weighted by Gasteiger charge is -2.15. The molecule has 0 saturated heterocycles. The number of benzene rings is 1. The molecule has 1 amide bonds. The second-order valence-electron chi connectivity index (χ2n) is 3.21. The highest BCUT2D eigenvalue weighted by Crippen LogP contribution is 2.23. The molecule has 82 valence electrons. The molecule has 0 aliphatic carbocycles. The number of amides is 1. The van der Waals surface area contributed by atoms with Gasteiger partial charge in [-0.2, -0.15) is 0 Å². The average molecular weight is 272 g/mol. The fourth-order valence-corrected chi connectivity index (χ4v) is 1.53. The van der Waals surface area contributed by atoms with E-state index in [1.807, 2.05) is 12.1 Å². The number of anilines is 2. The third kappa shape index (κ3) is 3.13. The van der Waals surface area contributed by atoms with Gasteiger partial charge in [0, 0.05) is 11.5 Å². The van der Waals surface area contributed by atoms with E-state index in [2.05, 4.69) is 26.6 Å². The van der Waals surface area contributed by atoms with Crippen molar-refractivity contribution in [3.8, 4) is 0 Å². The van der Waals surface area contributed by atoms with Crippen molar-refractivity contribution in [3.05, 3.63) is 22.7 Å². The van der Waals surface area contributed by atoms with Crippen LogP contribution in [-0.4, -0.2) is 19.0 Å². The standard InChI is InChI=1S/C10H14BrN3O/c1-6(10(15)13-2)14-9-5-7(11)3-4-8(9)12/h3-6,14H,12H2,1-2H3,(H,13,15). The largest absolute Gasteiger partial charge is 0.397 e. The maximum absolute atomic E-state index is 11.3. The van der Waals surface area contributed by atoms with Crippen LogP contribution in [0.4, 0.5) is 11.4 Å². The van der Waals surface area contributed by atoms with E-state index >= 15 is 0 Å². The van der Waals surface area contributed by atoms with Crippen molar-refractivity contribution >= 4 is 33.2 Å². The molecule has 0 radical (unpaired) electrons. The van der Waals surface area contributed by atoms with Crippen LogP contribution in [0.5, 0.6) is 0 Å². The number of carbonyl (C=O) groups excluding carboxylic acids is 1. The van der Waals surface area contributed by atoms with Crippen molar-refractivity contribution in [2.24, 2.45) is 0 Å². The molecule has 1 aromatic carbocycles. The number of halogens is 1. The molecule has 4 N–H and O–H groups in total. The highest BCUT2D eigenvalue weighted by molar-refractivity contribution is 9.10. The number of likely N-dealkylation sites (N-methyl/N-ethyl adjacent to an activating group) is 1. The van der Waals surface area contributed by atoms with Gasteiger partial charge in [-0.1, -0.05) is 15.9 Å². The van der Waals surface area contributed by atoms with Gasteiger partial charge in [-0.05, 0) is 25.1 Å². The van der Waals surface area contributed by atoms with Crippen LogP contribution in [0.3, 0.4) is 0 Å². The van der Waals surface area contributed by atoms with Crippen LogP contribution >= 0.6 is 15.9 Å². The van der Waals surface area contributed by atoms with E-state index < -0.39 is 0 Å². The van der Waals surface area contributed by atoms with Gasteiger partial charge in [-0.3, -0.25) is 4.79 Å². The fraction of sp³-hybridized carbons (Fsp3) is 0.300. The van der Waals surface area contributed by atoms with E-state index in [1.165, 1.54) is 0 Å². The van der Waals surface area contributed by atoms with Gasteiger partial charge in [-0.25, -0.2) is 0 Å². The Kier molecular flexibility index (Phi) is 3.96. The van der Waals surface area contributed by atoms with Gasteiger partial charge in [0.25, 0.3) is 0 Å². The summed E-state index contributed by atoms with van der Waals surface area (Å²) in [6.45, 7) is 1.78. The zero-order chi connectivity index (χ0) is 11.4. The summed E-state index contributed by atoms with van der Waals surface area (Å²) < 4.78 is 0.920. The molecule has 0 spiro atoms. The number of carbonyl (C=O) groups is 1. The summed E-state index contributed by atoms with van der Waals surface area (Å²) in [6.07, 6.45) is 0. The Labute approximate surface area is 97.4 Å². The number of nitrogen functional groups attached to an aromatic ring is 1. The van der Waals surface area contributed by atoms with Crippen LogP contribution in [-0.2, 0) is 4.79 Å². The second-order valence-corrected chi connectivity index (χ2v) is 4.13. The minimum atomic E-state index is -0.313. The summed E-state index contributed by atoms with van der Waals surface area (Å²) in [5, 5.41) is 5.60. The zero-order valence-corrected chi connectivity index (χ0v) is 10.3. The van der Waals surface area contributed by atoms with E-state index in [0.717, 1.165) is 10.2 Å². The van der Waals surface area contributed by atoms with Gasteiger partial charge in [0.15, 0.2) is 0 Å².